The Morgan fingerprint density at radius 1 is 1.08 bits per heavy atom. The van der Waals surface area contributed by atoms with Crippen LogP contribution in [0.3, 0.4) is 0 Å². The largest absolute Gasteiger partial charge is 0.493 e. The first-order valence-corrected chi connectivity index (χ1v) is 9.42. The minimum absolute atomic E-state index is 0.235. The first-order valence-electron chi connectivity index (χ1n) is 9.42. The summed E-state index contributed by atoms with van der Waals surface area (Å²) >= 11 is 0. The maximum absolute atomic E-state index is 13.6. The molecule has 0 amide bonds. The molecule has 0 aromatic heterocycles. The molecule has 1 saturated carbocycles. The zero-order chi connectivity index (χ0) is 17.6. The number of benzene rings is 1. The summed E-state index contributed by atoms with van der Waals surface area (Å²) in [4.78, 5) is 2.31. The summed E-state index contributed by atoms with van der Waals surface area (Å²) in [7, 11) is 3.29. The molecule has 1 heterocycles. The molecule has 5 heteroatoms. The fourth-order valence-corrected chi connectivity index (χ4v) is 4.10. The second kappa shape index (κ2) is 8.86. The van der Waals surface area contributed by atoms with Crippen LogP contribution in [0, 0.1) is 0 Å². The van der Waals surface area contributed by atoms with Gasteiger partial charge in [0.15, 0.2) is 11.5 Å². The lowest BCUT2D eigenvalue weighted by Crippen LogP contribution is -2.46. The molecule has 0 N–H and O–H groups in total. The third kappa shape index (κ3) is 4.64. The molecule has 0 radical (unpaired) electrons. The molecule has 1 aromatic rings. The van der Waals surface area contributed by atoms with Crippen molar-refractivity contribution < 1.29 is 18.6 Å². The van der Waals surface area contributed by atoms with Gasteiger partial charge in [0.05, 0.1) is 26.9 Å². The van der Waals surface area contributed by atoms with Crippen molar-refractivity contribution in [1.29, 1.82) is 0 Å². The Labute approximate surface area is 150 Å². The average Bonchev–Trinajstić information content (AvgIpc) is 3.08. The highest BCUT2D eigenvalue weighted by atomic mass is 19.1. The fraction of sp³-hybridized carbons (Fsp3) is 0.700. The molecular weight excluding hydrogens is 321 g/mol. The van der Waals surface area contributed by atoms with E-state index in [-0.39, 0.29) is 6.10 Å². The predicted octanol–water partition coefficient (Wildman–Crippen LogP) is 3.62. The number of rotatable bonds is 7. The molecule has 3 atom stereocenters. The number of likely N-dealkylation sites (tertiary alicyclic amines) is 1. The molecule has 25 heavy (non-hydrogen) atoms. The molecule has 4 nitrogen and oxygen atoms in total. The second-order valence-electron chi connectivity index (χ2n) is 7.08. The van der Waals surface area contributed by atoms with Gasteiger partial charge >= 0.3 is 0 Å². The Morgan fingerprint density at radius 2 is 1.88 bits per heavy atom. The Kier molecular flexibility index (Phi) is 6.54. The lowest BCUT2D eigenvalue weighted by molar-refractivity contribution is -0.0303. The van der Waals surface area contributed by atoms with Crippen LogP contribution in [0.15, 0.2) is 18.2 Å². The SMILES string of the molecule is COc1ccc(CCOC2CCCC[C@H]2N2CCC(F)C2)cc1OC. The van der Waals surface area contributed by atoms with E-state index >= 15 is 0 Å². The Bertz CT molecular complexity index is 554. The van der Waals surface area contributed by atoms with Gasteiger partial charge in [-0.1, -0.05) is 18.9 Å². The van der Waals surface area contributed by atoms with Gasteiger partial charge in [0.25, 0.3) is 0 Å². The van der Waals surface area contributed by atoms with Gasteiger partial charge in [0.1, 0.15) is 6.17 Å². The van der Waals surface area contributed by atoms with Crippen LogP contribution in [-0.4, -0.2) is 57.1 Å². The topological polar surface area (TPSA) is 30.9 Å². The van der Waals surface area contributed by atoms with Gasteiger partial charge in [-0.2, -0.15) is 0 Å². The van der Waals surface area contributed by atoms with Crippen LogP contribution in [0.25, 0.3) is 0 Å². The summed E-state index contributed by atoms with van der Waals surface area (Å²) in [5, 5.41) is 0. The van der Waals surface area contributed by atoms with Gasteiger partial charge in [-0.25, -0.2) is 4.39 Å². The Balaban J connectivity index is 1.53. The number of methoxy groups -OCH3 is 2. The van der Waals surface area contributed by atoms with Gasteiger partial charge in [0, 0.05) is 19.1 Å². The van der Waals surface area contributed by atoms with Crippen molar-refractivity contribution in [1.82, 2.24) is 4.90 Å². The number of halogens is 1. The number of nitrogens with zero attached hydrogens (tertiary/aromatic N) is 1. The summed E-state index contributed by atoms with van der Waals surface area (Å²) in [5.41, 5.74) is 1.18. The van der Waals surface area contributed by atoms with Crippen molar-refractivity contribution in [2.45, 2.75) is 56.8 Å². The highest BCUT2D eigenvalue weighted by Crippen LogP contribution is 2.30. The van der Waals surface area contributed by atoms with Crippen molar-refractivity contribution in [3.63, 3.8) is 0 Å². The third-order valence-corrected chi connectivity index (χ3v) is 5.47. The monoisotopic (exact) mass is 351 g/mol. The maximum atomic E-state index is 13.6. The Morgan fingerprint density at radius 3 is 2.60 bits per heavy atom. The normalized spacial score (nSPS) is 27.4. The van der Waals surface area contributed by atoms with Gasteiger partial charge in [-0.05, 0) is 43.4 Å². The van der Waals surface area contributed by atoms with Crippen LogP contribution in [0.4, 0.5) is 4.39 Å². The molecule has 0 spiro atoms. The Hall–Kier alpha value is -1.33. The van der Waals surface area contributed by atoms with Gasteiger partial charge < -0.3 is 14.2 Å². The van der Waals surface area contributed by atoms with Crippen LogP contribution < -0.4 is 9.47 Å². The minimum Gasteiger partial charge on any atom is -0.493 e. The average molecular weight is 351 g/mol. The molecule has 1 saturated heterocycles. The third-order valence-electron chi connectivity index (χ3n) is 5.47. The van der Waals surface area contributed by atoms with Gasteiger partial charge in [-0.15, -0.1) is 0 Å². The van der Waals surface area contributed by atoms with Crippen LogP contribution in [-0.2, 0) is 11.2 Å². The molecule has 1 aliphatic carbocycles. The molecule has 0 bridgehead atoms. The quantitative estimate of drug-likeness (QED) is 0.751. The summed E-state index contributed by atoms with van der Waals surface area (Å²) in [6.07, 6.45) is 5.76. The van der Waals surface area contributed by atoms with Crippen molar-refractivity contribution in [2.75, 3.05) is 33.9 Å². The van der Waals surface area contributed by atoms with E-state index in [4.69, 9.17) is 14.2 Å². The predicted molar refractivity (Wildman–Crippen MR) is 96.3 cm³/mol. The second-order valence-corrected chi connectivity index (χ2v) is 7.08. The van der Waals surface area contributed by atoms with E-state index in [2.05, 4.69) is 11.0 Å². The molecule has 2 aliphatic rings. The highest BCUT2D eigenvalue weighted by Gasteiger charge is 2.35. The standard InChI is InChI=1S/C20H30FNO3/c1-23-19-8-7-15(13-20(19)24-2)10-12-25-18-6-4-3-5-17(18)22-11-9-16(21)14-22/h7-8,13,16-18H,3-6,9-12,14H2,1-2H3/t16?,17-,18?/m1/s1. The molecule has 1 aliphatic heterocycles. The molecule has 2 unspecified atom stereocenters. The van der Waals surface area contributed by atoms with Crippen molar-refractivity contribution in [3.8, 4) is 11.5 Å². The summed E-state index contributed by atoms with van der Waals surface area (Å²) in [6.45, 7) is 2.14. The van der Waals surface area contributed by atoms with E-state index in [9.17, 15) is 4.39 Å². The van der Waals surface area contributed by atoms with Crippen molar-refractivity contribution >= 4 is 0 Å². The first-order chi connectivity index (χ1) is 12.2. The van der Waals surface area contributed by atoms with Crippen molar-refractivity contribution in [2.24, 2.45) is 0 Å². The maximum Gasteiger partial charge on any atom is 0.160 e. The number of alkyl halides is 1. The van der Waals surface area contributed by atoms with E-state index in [0.29, 0.717) is 25.6 Å². The summed E-state index contributed by atoms with van der Waals surface area (Å²) < 4.78 is 30.4. The first kappa shape index (κ1) is 18.5. The molecule has 140 valence electrons. The molecular formula is C20H30FNO3. The van der Waals surface area contributed by atoms with Gasteiger partial charge in [0.2, 0.25) is 0 Å². The smallest absolute Gasteiger partial charge is 0.160 e. The van der Waals surface area contributed by atoms with Crippen LogP contribution in [0.5, 0.6) is 11.5 Å². The summed E-state index contributed by atoms with van der Waals surface area (Å²) in [6, 6.07) is 6.38. The van der Waals surface area contributed by atoms with Gasteiger partial charge in [-0.3, -0.25) is 4.90 Å². The van der Waals surface area contributed by atoms with Crippen molar-refractivity contribution in [3.05, 3.63) is 23.8 Å². The van der Waals surface area contributed by atoms with Crippen LogP contribution in [0.1, 0.15) is 37.7 Å². The molecule has 3 rings (SSSR count). The lowest BCUT2D eigenvalue weighted by Gasteiger charge is -2.37. The number of hydrogen-bond donors (Lipinski definition) is 0. The van der Waals surface area contributed by atoms with E-state index in [0.717, 1.165) is 37.3 Å². The highest BCUT2D eigenvalue weighted by molar-refractivity contribution is 5.42. The lowest BCUT2D eigenvalue weighted by atomic mass is 9.91. The fourth-order valence-electron chi connectivity index (χ4n) is 4.10. The van der Waals surface area contributed by atoms with Crippen LogP contribution >= 0.6 is 0 Å². The van der Waals surface area contributed by atoms with E-state index in [1.165, 1.54) is 18.4 Å². The zero-order valence-corrected chi connectivity index (χ0v) is 15.4. The minimum atomic E-state index is -0.658. The van der Waals surface area contributed by atoms with E-state index in [1.54, 1.807) is 14.2 Å². The molecule has 2 fully saturated rings. The van der Waals surface area contributed by atoms with E-state index in [1.807, 2.05) is 12.1 Å². The van der Waals surface area contributed by atoms with Crippen LogP contribution in [0.2, 0.25) is 0 Å². The zero-order valence-electron chi connectivity index (χ0n) is 15.4. The van der Waals surface area contributed by atoms with E-state index < -0.39 is 6.17 Å². The summed E-state index contributed by atoms with van der Waals surface area (Å²) in [5.74, 6) is 1.50. The molecule has 1 aromatic carbocycles. The number of hydrogen-bond acceptors (Lipinski definition) is 4. The number of ether oxygens (including phenoxy) is 3.